The molecule has 0 saturated heterocycles. The maximum atomic E-state index is 12.3. The number of carbonyl (C=O) groups is 1. The van der Waals surface area contributed by atoms with Crippen molar-refractivity contribution in [1.29, 1.82) is 0 Å². The minimum Gasteiger partial charge on any atom is -0.492 e. The highest BCUT2D eigenvalue weighted by Gasteiger charge is 2.17. The number of sulfonamides is 1. The highest BCUT2D eigenvalue weighted by molar-refractivity contribution is 7.89. The summed E-state index contributed by atoms with van der Waals surface area (Å²) in [6, 6.07) is 12.9. The summed E-state index contributed by atoms with van der Waals surface area (Å²) in [7, 11) is -0.593. The summed E-state index contributed by atoms with van der Waals surface area (Å²) >= 11 is 0. The minimum absolute atomic E-state index is 0.138. The summed E-state index contributed by atoms with van der Waals surface area (Å²) in [5.41, 5.74) is 0.924. The molecule has 1 N–H and O–H groups in total. The first-order chi connectivity index (χ1) is 11.4. The molecule has 0 radical (unpaired) electrons. The number of benzene rings is 2. The van der Waals surface area contributed by atoms with Gasteiger partial charge in [-0.15, -0.1) is 0 Å². The summed E-state index contributed by atoms with van der Waals surface area (Å²) in [5.74, 6) is 0.246. The number of amides is 1. The molecule has 6 nitrogen and oxygen atoms in total. The van der Waals surface area contributed by atoms with Crippen molar-refractivity contribution in [3.63, 3.8) is 0 Å². The largest absolute Gasteiger partial charge is 0.492 e. The predicted octanol–water partition coefficient (Wildman–Crippen LogP) is 2.59. The molecule has 0 saturated carbocycles. The molecule has 0 unspecified atom stereocenters. The van der Waals surface area contributed by atoms with Crippen LogP contribution in [0, 0.1) is 0 Å². The molecule has 2 aromatic rings. The zero-order chi connectivity index (χ0) is 17.7. The van der Waals surface area contributed by atoms with Gasteiger partial charge in [-0.25, -0.2) is 12.7 Å². The highest BCUT2D eigenvalue weighted by atomic mass is 32.2. The monoisotopic (exact) mass is 348 g/mol. The van der Waals surface area contributed by atoms with Gasteiger partial charge in [0.05, 0.1) is 17.2 Å². The molecule has 0 fully saturated rings. The van der Waals surface area contributed by atoms with Gasteiger partial charge in [0, 0.05) is 19.7 Å². The van der Waals surface area contributed by atoms with Crippen molar-refractivity contribution in [2.45, 2.75) is 11.8 Å². The first kappa shape index (κ1) is 18.0. The Labute approximate surface area is 142 Å². The van der Waals surface area contributed by atoms with E-state index in [-0.39, 0.29) is 10.8 Å². The van der Waals surface area contributed by atoms with Crippen LogP contribution < -0.4 is 10.1 Å². The third kappa shape index (κ3) is 3.93. The lowest BCUT2D eigenvalue weighted by atomic mass is 10.2. The fourth-order valence-electron chi connectivity index (χ4n) is 2.03. The summed E-state index contributed by atoms with van der Waals surface area (Å²) in [6.07, 6.45) is 0. The number of nitrogens with one attached hydrogen (secondary N) is 1. The van der Waals surface area contributed by atoms with Crippen LogP contribution in [0.1, 0.15) is 17.3 Å². The molecule has 0 atom stereocenters. The zero-order valence-corrected chi connectivity index (χ0v) is 14.6. The second-order valence-electron chi connectivity index (χ2n) is 5.20. The van der Waals surface area contributed by atoms with Gasteiger partial charge in [-0.2, -0.15) is 0 Å². The van der Waals surface area contributed by atoms with E-state index in [9.17, 15) is 13.2 Å². The molecule has 0 aliphatic rings. The highest BCUT2D eigenvalue weighted by Crippen LogP contribution is 2.24. The lowest BCUT2D eigenvalue weighted by Gasteiger charge is -2.13. The van der Waals surface area contributed by atoms with Gasteiger partial charge < -0.3 is 10.1 Å². The molecule has 0 aromatic heterocycles. The first-order valence-corrected chi connectivity index (χ1v) is 8.86. The molecule has 1 amide bonds. The van der Waals surface area contributed by atoms with E-state index < -0.39 is 10.0 Å². The van der Waals surface area contributed by atoms with E-state index in [0.717, 1.165) is 4.31 Å². The number of ether oxygens (including phenoxy) is 1. The molecule has 7 heteroatoms. The van der Waals surface area contributed by atoms with E-state index >= 15 is 0 Å². The van der Waals surface area contributed by atoms with Crippen molar-refractivity contribution >= 4 is 21.6 Å². The fourth-order valence-corrected chi connectivity index (χ4v) is 2.94. The number of nitrogens with zero attached hydrogens (tertiary/aromatic N) is 1. The van der Waals surface area contributed by atoms with E-state index in [1.807, 2.05) is 13.0 Å². The Morgan fingerprint density at radius 2 is 1.71 bits per heavy atom. The van der Waals surface area contributed by atoms with Crippen LogP contribution in [0.2, 0.25) is 0 Å². The van der Waals surface area contributed by atoms with Crippen LogP contribution in [-0.4, -0.2) is 39.3 Å². The molecule has 128 valence electrons. The molecule has 0 aliphatic carbocycles. The normalized spacial score (nSPS) is 11.3. The molecule has 0 heterocycles. The Morgan fingerprint density at radius 3 is 2.29 bits per heavy atom. The number of para-hydroxylation sites is 2. The van der Waals surface area contributed by atoms with Gasteiger partial charge in [0.1, 0.15) is 5.75 Å². The Bertz CT molecular complexity index is 815. The van der Waals surface area contributed by atoms with Crippen LogP contribution >= 0.6 is 0 Å². The lowest BCUT2D eigenvalue weighted by molar-refractivity contribution is 0.102. The number of hydrogen-bond donors (Lipinski definition) is 1. The van der Waals surface area contributed by atoms with E-state index in [0.29, 0.717) is 23.6 Å². The zero-order valence-electron chi connectivity index (χ0n) is 13.8. The Hall–Kier alpha value is -2.38. The fraction of sp³-hybridized carbons (Fsp3) is 0.235. The predicted molar refractivity (Wildman–Crippen MR) is 92.9 cm³/mol. The van der Waals surface area contributed by atoms with Crippen LogP contribution in [0.4, 0.5) is 5.69 Å². The van der Waals surface area contributed by atoms with Gasteiger partial charge in [-0.3, -0.25) is 4.79 Å². The van der Waals surface area contributed by atoms with Crippen molar-refractivity contribution in [3.8, 4) is 5.75 Å². The van der Waals surface area contributed by atoms with Gasteiger partial charge in [0.15, 0.2) is 0 Å². The molecule has 2 rings (SSSR count). The molecule has 0 bridgehead atoms. The Balaban J connectivity index is 2.20. The second kappa shape index (κ2) is 7.46. The third-order valence-corrected chi connectivity index (χ3v) is 5.16. The van der Waals surface area contributed by atoms with Crippen LogP contribution in [0.15, 0.2) is 53.4 Å². The van der Waals surface area contributed by atoms with Gasteiger partial charge in [-0.05, 0) is 43.3 Å². The SMILES string of the molecule is CCOc1ccccc1NC(=O)c1ccc(S(=O)(=O)N(C)C)cc1. The van der Waals surface area contributed by atoms with Gasteiger partial charge >= 0.3 is 0 Å². The Morgan fingerprint density at radius 1 is 1.08 bits per heavy atom. The van der Waals surface area contributed by atoms with Gasteiger partial charge in [0.25, 0.3) is 5.91 Å². The minimum atomic E-state index is -3.51. The van der Waals surface area contributed by atoms with E-state index in [2.05, 4.69) is 5.32 Å². The molecule has 0 spiro atoms. The van der Waals surface area contributed by atoms with Gasteiger partial charge in [0.2, 0.25) is 10.0 Å². The second-order valence-corrected chi connectivity index (χ2v) is 7.35. The number of hydrogen-bond acceptors (Lipinski definition) is 4. The number of carbonyl (C=O) groups excluding carboxylic acids is 1. The molecular formula is C17H20N2O4S. The van der Waals surface area contributed by atoms with E-state index in [1.165, 1.54) is 38.4 Å². The van der Waals surface area contributed by atoms with Crippen molar-refractivity contribution in [1.82, 2.24) is 4.31 Å². The topological polar surface area (TPSA) is 75.7 Å². The Kier molecular flexibility index (Phi) is 5.58. The maximum Gasteiger partial charge on any atom is 0.255 e. The van der Waals surface area contributed by atoms with Crippen molar-refractivity contribution in [3.05, 3.63) is 54.1 Å². The summed E-state index contributed by atoms with van der Waals surface area (Å²) in [5, 5.41) is 2.77. The van der Waals surface area contributed by atoms with Crippen LogP contribution in [0.3, 0.4) is 0 Å². The molecular weight excluding hydrogens is 328 g/mol. The maximum absolute atomic E-state index is 12.3. The third-order valence-electron chi connectivity index (χ3n) is 3.33. The lowest BCUT2D eigenvalue weighted by Crippen LogP contribution is -2.22. The van der Waals surface area contributed by atoms with Crippen LogP contribution in [0.5, 0.6) is 5.75 Å². The van der Waals surface area contributed by atoms with Crippen molar-refractivity contribution < 1.29 is 17.9 Å². The quantitative estimate of drug-likeness (QED) is 0.870. The average molecular weight is 348 g/mol. The van der Waals surface area contributed by atoms with Crippen molar-refractivity contribution in [2.24, 2.45) is 0 Å². The number of rotatable bonds is 6. The average Bonchev–Trinajstić information content (AvgIpc) is 2.57. The van der Waals surface area contributed by atoms with Crippen molar-refractivity contribution in [2.75, 3.05) is 26.0 Å². The van der Waals surface area contributed by atoms with Crippen LogP contribution in [-0.2, 0) is 10.0 Å². The standard InChI is InChI=1S/C17H20N2O4S/c1-4-23-16-8-6-5-7-15(16)18-17(20)13-9-11-14(12-10-13)24(21,22)19(2)3/h5-12H,4H2,1-3H3,(H,18,20). The molecule has 24 heavy (non-hydrogen) atoms. The summed E-state index contributed by atoms with van der Waals surface area (Å²) < 4.78 is 30.6. The summed E-state index contributed by atoms with van der Waals surface area (Å²) in [4.78, 5) is 12.5. The molecule has 0 aliphatic heterocycles. The van der Waals surface area contributed by atoms with Crippen LogP contribution in [0.25, 0.3) is 0 Å². The van der Waals surface area contributed by atoms with E-state index in [4.69, 9.17) is 4.74 Å². The van der Waals surface area contributed by atoms with Gasteiger partial charge in [-0.1, -0.05) is 12.1 Å². The molecule has 2 aromatic carbocycles. The smallest absolute Gasteiger partial charge is 0.255 e. The summed E-state index contributed by atoms with van der Waals surface area (Å²) in [6.45, 7) is 2.35. The first-order valence-electron chi connectivity index (χ1n) is 7.42. The number of anilines is 1. The van der Waals surface area contributed by atoms with E-state index in [1.54, 1.807) is 18.2 Å².